The van der Waals surface area contributed by atoms with E-state index in [0.717, 1.165) is 55.5 Å². The maximum Gasteiger partial charge on any atom is 0.124 e. The molecule has 0 amide bonds. The summed E-state index contributed by atoms with van der Waals surface area (Å²) in [6, 6.07) is 5.48. The third kappa shape index (κ3) is 7.36. The van der Waals surface area contributed by atoms with Gasteiger partial charge >= 0.3 is 0 Å². The lowest BCUT2D eigenvalue weighted by Gasteiger charge is -2.19. The zero-order valence-corrected chi connectivity index (χ0v) is 14.0. The molecule has 1 N–H and O–H groups in total. The van der Waals surface area contributed by atoms with E-state index in [2.05, 4.69) is 28.2 Å². The first-order chi connectivity index (χ1) is 9.65. The summed E-state index contributed by atoms with van der Waals surface area (Å²) in [6.45, 7) is 6.73. The van der Waals surface area contributed by atoms with Crippen molar-refractivity contribution in [1.29, 1.82) is 0 Å². The van der Waals surface area contributed by atoms with E-state index in [1.807, 2.05) is 13.0 Å². The Morgan fingerprint density at radius 3 is 2.75 bits per heavy atom. The second-order valence-electron chi connectivity index (χ2n) is 4.97. The van der Waals surface area contributed by atoms with Crippen molar-refractivity contribution in [3.05, 3.63) is 34.1 Å². The molecule has 0 radical (unpaired) electrons. The minimum Gasteiger partial charge on any atom is -0.382 e. The van der Waals surface area contributed by atoms with Crippen molar-refractivity contribution in [1.82, 2.24) is 5.32 Å². The maximum atomic E-state index is 13.4. The lowest BCUT2D eigenvalue weighted by molar-refractivity contribution is 0.140. The van der Waals surface area contributed by atoms with Gasteiger partial charge in [-0.2, -0.15) is 0 Å². The first-order valence-electron chi connectivity index (χ1n) is 7.41. The van der Waals surface area contributed by atoms with Crippen LogP contribution in [0.3, 0.4) is 0 Å². The number of rotatable bonds is 10. The highest BCUT2D eigenvalue weighted by molar-refractivity contribution is 9.10. The Morgan fingerprint density at radius 2 is 2.10 bits per heavy atom. The molecule has 20 heavy (non-hydrogen) atoms. The highest BCUT2D eigenvalue weighted by Crippen LogP contribution is 2.17. The van der Waals surface area contributed by atoms with Gasteiger partial charge in [0.2, 0.25) is 0 Å². The predicted octanol–water partition coefficient (Wildman–Crippen LogP) is 4.32. The molecule has 0 aliphatic heterocycles. The van der Waals surface area contributed by atoms with Crippen LogP contribution in [0.2, 0.25) is 0 Å². The van der Waals surface area contributed by atoms with Crippen molar-refractivity contribution < 1.29 is 9.13 Å². The zero-order chi connectivity index (χ0) is 14.8. The maximum absolute atomic E-state index is 13.4. The summed E-state index contributed by atoms with van der Waals surface area (Å²) in [7, 11) is 0. The summed E-state index contributed by atoms with van der Waals surface area (Å²) >= 11 is 3.35. The van der Waals surface area contributed by atoms with Gasteiger partial charge in [-0.15, -0.1) is 0 Å². The van der Waals surface area contributed by atoms with Gasteiger partial charge in [0, 0.05) is 23.7 Å². The van der Waals surface area contributed by atoms with Gasteiger partial charge in [-0.25, -0.2) is 4.39 Å². The first kappa shape index (κ1) is 17.6. The normalized spacial score (nSPS) is 12.6. The van der Waals surface area contributed by atoms with E-state index in [1.54, 1.807) is 6.07 Å². The third-order valence-electron chi connectivity index (χ3n) is 3.13. The minimum absolute atomic E-state index is 0.182. The molecule has 1 rings (SSSR count). The fourth-order valence-electron chi connectivity index (χ4n) is 2.21. The second kappa shape index (κ2) is 10.3. The summed E-state index contributed by atoms with van der Waals surface area (Å²) < 4.78 is 19.6. The number of nitrogens with one attached hydrogen (secondary N) is 1. The quantitative estimate of drug-likeness (QED) is 0.637. The van der Waals surface area contributed by atoms with Crippen molar-refractivity contribution >= 4 is 15.9 Å². The van der Waals surface area contributed by atoms with Crippen LogP contribution in [-0.2, 0) is 11.2 Å². The molecular weight excluding hydrogens is 321 g/mol. The van der Waals surface area contributed by atoms with Crippen LogP contribution in [0.1, 0.15) is 38.7 Å². The van der Waals surface area contributed by atoms with Crippen LogP contribution in [0.5, 0.6) is 0 Å². The molecule has 0 saturated carbocycles. The Hall–Kier alpha value is -0.450. The third-order valence-corrected chi connectivity index (χ3v) is 3.59. The highest BCUT2D eigenvalue weighted by atomic mass is 79.9. The van der Waals surface area contributed by atoms with Crippen LogP contribution in [0, 0.1) is 5.82 Å². The Morgan fingerprint density at radius 1 is 1.30 bits per heavy atom. The number of benzene rings is 1. The van der Waals surface area contributed by atoms with Crippen LogP contribution >= 0.6 is 15.9 Å². The van der Waals surface area contributed by atoms with E-state index in [4.69, 9.17) is 4.74 Å². The summed E-state index contributed by atoms with van der Waals surface area (Å²) in [6.07, 6.45) is 4.04. The predicted molar refractivity (Wildman–Crippen MR) is 85.6 cm³/mol. The van der Waals surface area contributed by atoms with Gasteiger partial charge in [-0.3, -0.25) is 0 Å². The molecule has 1 aromatic carbocycles. The summed E-state index contributed by atoms with van der Waals surface area (Å²) in [4.78, 5) is 0. The van der Waals surface area contributed by atoms with Crippen molar-refractivity contribution in [3.8, 4) is 0 Å². The Balaban J connectivity index is 2.53. The first-order valence-corrected chi connectivity index (χ1v) is 8.21. The Kier molecular flexibility index (Phi) is 9.07. The molecule has 0 bridgehead atoms. The molecule has 0 spiro atoms. The van der Waals surface area contributed by atoms with Crippen molar-refractivity contribution in [3.63, 3.8) is 0 Å². The molecule has 0 fully saturated rings. The molecule has 0 aliphatic carbocycles. The SMILES string of the molecule is CCCNC(CCCOCC)Cc1cc(F)cc(Br)c1. The lowest BCUT2D eigenvalue weighted by Crippen LogP contribution is -2.32. The van der Waals surface area contributed by atoms with Crippen LogP contribution in [0.15, 0.2) is 22.7 Å². The van der Waals surface area contributed by atoms with Crippen molar-refractivity contribution in [2.45, 2.75) is 45.6 Å². The molecule has 0 saturated heterocycles. The van der Waals surface area contributed by atoms with Crippen LogP contribution < -0.4 is 5.32 Å². The molecule has 4 heteroatoms. The molecule has 1 atom stereocenters. The standard InChI is InChI=1S/C16H25BrFNO/c1-3-7-19-16(6-5-8-20-4-2)11-13-9-14(17)12-15(18)10-13/h9-10,12,16,19H,3-8,11H2,1-2H3. The largest absolute Gasteiger partial charge is 0.382 e. The van der Waals surface area contributed by atoms with E-state index >= 15 is 0 Å². The molecule has 1 unspecified atom stereocenters. The van der Waals surface area contributed by atoms with Gasteiger partial charge in [0.15, 0.2) is 0 Å². The number of hydrogen-bond donors (Lipinski definition) is 1. The van der Waals surface area contributed by atoms with Crippen LogP contribution in [0.25, 0.3) is 0 Å². The lowest BCUT2D eigenvalue weighted by atomic mass is 10.0. The van der Waals surface area contributed by atoms with E-state index in [0.29, 0.717) is 6.04 Å². The number of halogens is 2. The minimum atomic E-state index is -0.182. The molecule has 0 aliphatic rings. The van der Waals surface area contributed by atoms with Gasteiger partial charge in [0.25, 0.3) is 0 Å². The molecule has 2 nitrogen and oxygen atoms in total. The summed E-state index contributed by atoms with van der Waals surface area (Å²) in [5.74, 6) is -0.182. The number of ether oxygens (including phenoxy) is 1. The van der Waals surface area contributed by atoms with Gasteiger partial charge in [0.05, 0.1) is 0 Å². The second-order valence-corrected chi connectivity index (χ2v) is 5.89. The average molecular weight is 346 g/mol. The Bertz CT molecular complexity index is 366. The fourth-order valence-corrected chi connectivity index (χ4v) is 2.73. The van der Waals surface area contributed by atoms with Crippen molar-refractivity contribution in [2.75, 3.05) is 19.8 Å². The van der Waals surface area contributed by atoms with Crippen molar-refractivity contribution in [2.24, 2.45) is 0 Å². The van der Waals surface area contributed by atoms with Gasteiger partial charge in [-0.05, 0) is 62.9 Å². The monoisotopic (exact) mass is 345 g/mol. The molecule has 1 aromatic rings. The van der Waals surface area contributed by atoms with E-state index in [1.165, 1.54) is 6.07 Å². The van der Waals surface area contributed by atoms with E-state index in [-0.39, 0.29) is 5.82 Å². The number of hydrogen-bond acceptors (Lipinski definition) is 2. The average Bonchev–Trinajstić information content (AvgIpc) is 2.39. The Labute approximate surface area is 130 Å². The molecular formula is C16H25BrFNO. The zero-order valence-electron chi connectivity index (χ0n) is 12.4. The van der Waals surface area contributed by atoms with Gasteiger partial charge < -0.3 is 10.1 Å². The molecule has 0 aromatic heterocycles. The topological polar surface area (TPSA) is 21.3 Å². The summed E-state index contributed by atoms with van der Waals surface area (Å²) in [5, 5.41) is 3.54. The summed E-state index contributed by atoms with van der Waals surface area (Å²) in [5.41, 5.74) is 1.03. The molecule has 0 heterocycles. The van der Waals surface area contributed by atoms with Gasteiger partial charge in [-0.1, -0.05) is 22.9 Å². The fraction of sp³-hybridized carbons (Fsp3) is 0.625. The molecule has 114 valence electrons. The van der Waals surface area contributed by atoms with Gasteiger partial charge in [0.1, 0.15) is 5.82 Å². The van der Waals surface area contributed by atoms with E-state index < -0.39 is 0 Å². The van der Waals surface area contributed by atoms with E-state index in [9.17, 15) is 4.39 Å². The van der Waals surface area contributed by atoms with Crippen LogP contribution in [-0.4, -0.2) is 25.8 Å². The highest BCUT2D eigenvalue weighted by Gasteiger charge is 2.10. The smallest absolute Gasteiger partial charge is 0.124 e. The van der Waals surface area contributed by atoms with Crippen LogP contribution in [0.4, 0.5) is 4.39 Å².